The quantitative estimate of drug-likeness (QED) is 0.879. The van der Waals surface area contributed by atoms with Gasteiger partial charge in [-0.3, -0.25) is 4.79 Å². The minimum absolute atomic E-state index is 0.0478. The van der Waals surface area contributed by atoms with E-state index in [2.05, 4.69) is 13.0 Å². The Balaban J connectivity index is 2.17. The van der Waals surface area contributed by atoms with Gasteiger partial charge in [-0.05, 0) is 56.8 Å². The number of amides is 1. The van der Waals surface area contributed by atoms with Crippen molar-refractivity contribution in [2.45, 2.75) is 39.2 Å². The number of nitrogens with zero attached hydrogens (tertiary/aromatic N) is 1. The van der Waals surface area contributed by atoms with Crippen molar-refractivity contribution in [2.24, 2.45) is 17.6 Å². The predicted molar refractivity (Wildman–Crippen MR) is 88.7 cm³/mol. The zero-order chi connectivity index (χ0) is 16.1. The first-order valence-electron chi connectivity index (χ1n) is 8.26. The van der Waals surface area contributed by atoms with Gasteiger partial charge in [-0.1, -0.05) is 18.6 Å². The Hall–Kier alpha value is -1.55. The van der Waals surface area contributed by atoms with Gasteiger partial charge in [0.05, 0.1) is 13.2 Å². The summed E-state index contributed by atoms with van der Waals surface area (Å²) in [4.78, 5) is 14.9. The van der Waals surface area contributed by atoms with Crippen LogP contribution in [-0.4, -0.2) is 31.0 Å². The van der Waals surface area contributed by atoms with E-state index >= 15 is 0 Å². The fourth-order valence-electron chi connectivity index (χ4n) is 3.56. The molecule has 1 saturated carbocycles. The van der Waals surface area contributed by atoms with E-state index in [1.165, 1.54) is 0 Å². The van der Waals surface area contributed by atoms with E-state index in [0.29, 0.717) is 19.0 Å². The lowest BCUT2D eigenvalue weighted by Gasteiger charge is -2.32. The Morgan fingerprint density at radius 1 is 1.45 bits per heavy atom. The smallest absolute Gasteiger partial charge is 0.226 e. The molecule has 0 heterocycles. The predicted octanol–water partition coefficient (Wildman–Crippen LogP) is 2.98. The number of methoxy groups -OCH3 is 1. The van der Waals surface area contributed by atoms with Crippen LogP contribution in [0.25, 0.3) is 0 Å². The molecule has 4 heteroatoms. The summed E-state index contributed by atoms with van der Waals surface area (Å²) in [5, 5.41) is 0. The van der Waals surface area contributed by atoms with Gasteiger partial charge in [0.2, 0.25) is 5.91 Å². The Morgan fingerprint density at radius 2 is 2.23 bits per heavy atom. The Kier molecular flexibility index (Phi) is 5.83. The second-order valence-electron chi connectivity index (χ2n) is 6.11. The van der Waals surface area contributed by atoms with Crippen LogP contribution in [0.3, 0.4) is 0 Å². The van der Waals surface area contributed by atoms with Crippen molar-refractivity contribution in [2.75, 3.05) is 20.2 Å². The molecule has 1 unspecified atom stereocenters. The third-order valence-corrected chi connectivity index (χ3v) is 4.95. The van der Waals surface area contributed by atoms with Crippen molar-refractivity contribution < 1.29 is 9.53 Å². The van der Waals surface area contributed by atoms with Crippen molar-refractivity contribution in [1.82, 2.24) is 4.90 Å². The number of nitrogens with two attached hydrogens (primary N) is 1. The van der Waals surface area contributed by atoms with Crippen molar-refractivity contribution in [3.8, 4) is 5.75 Å². The third kappa shape index (κ3) is 3.43. The molecule has 1 amide bonds. The average molecular weight is 304 g/mol. The molecule has 3 atom stereocenters. The highest BCUT2D eigenvalue weighted by Gasteiger charge is 2.35. The second kappa shape index (κ2) is 7.63. The molecule has 0 saturated heterocycles. The van der Waals surface area contributed by atoms with E-state index in [9.17, 15) is 4.79 Å². The van der Waals surface area contributed by atoms with Crippen LogP contribution in [-0.2, 0) is 4.79 Å². The molecule has 1 aromatic carbocycles. The minimum atomic E-state index is 0.0478. The van der Waals surface area contributed by atoms with Crippen LogP contribution in [0.15, 0.2) is 24.3 Å². The number of hydrogen-bond donors (Lipinski definition) is 1. The number of benzene rings is 1. The number of ether oxygens (including phenoxy) is 1. The van der Waals surface area contributed by atoms with Crippen molar-refractivity contribution in [3.63, 3.8) is 0 Å². The van der Waals surface area contributed by atoms with Gasteiger partial charge in [-0.2, -0.15) is 0 Å². The largest absolute Gasteiger partial charge is 0.497 e. The number of rotatable bonds is 6. The van der Waals surface area contributed by atoms with E-state index in [1.54, 1.807) is 7.11 Å². The fraction of sp³-hybridized carbons (Fsp3) is 0.611. The Morgan fingerprint density at radius 3 is 2.86 bits per heavy atom. The van der Waals surface area contributed by atoms with E-state index < -0.39 is 0 Å². The maximum atomic E-state index is 13.0. The molecule has 0 spiro atoms. The summed E-state index contributed by atoms with van der Waals surface area (Å²) in [5.41, 5.74) is 6.95. The summed E-state index contributed by atoms with van der Waals surface area (Å²) >= 11 is 0. The zero-order valence-corrected chi connectivity index (χ0v) is 13.9. The van der Waals surface area contributed by atoms with Gasteiger partial charge >= 0.3 is 0 Å². The number of hydrogen-bond acceptors (Lipinski definition) is 3. The summed E-state index contributed by atoms with van der Waals surface area (Å²) in [6.07, 6.45) is 3.17. The molecule has 0 aromatic heterocycles. The van der Waals surface area contributed by atoms with Crippen molar-refractivity contribution >= 4 is 5.91 Å². The highest BCUT2D eigenvalue weighted by atomic mass is 16.5. The fourth-order valence-corrected chi connectivity index (χ4v) is 3.56. The van der Waals surface area contributed by atoms with E-state index in [0.717, 1.165) is 30.6 Å². The molecule has 4 nitrogen and oxygen atoms in total. The van der Waals surface area contributed by atoms with Crippen LogP contribution in [0.5, 0.6) is 5.75 Å². The van der Waals surface area contributed by atoms with Gasteiger partial charge in [0, 0.05) is 12.5 Å². The zero-order valence-electron chi connectivity index (χ0n) is 13.9. The van der Waals surface area contributed by atoms with E-state index in [4.69, 9.17) is 10.5 Å². The number of carbonyl (C=O) groups is 1. The minimum Gasteiger partial charge on any atom is -0.497 e. The van der Waals surface area contributed by atoms with E-state index in [1.807, 2.05) is 30.0 Å². The SMILES string of the molecule is CCN(C(=O)[C@@H]1CCC[C@@H]1CN)C(C)c1cccc(OC)c1. The highest BCUT2D eigenvalue weighted by molar-refractivity contribution is 5.80. The Labute approximate surface area is 133 Å². The molecule has 2 N–H and O–H groups in total. The molecule has 2 rings (SSSR count). The van der Waals surface area contributed by atoms with Gasteiger partial charge in [0.25, 0.3) is 0 Å². The summed E-state index contributed by atoms with van der Waals surface area (Å²) < 4.78 is 5.29. The molecular weight excluding hydrogens is 276 g/mol. The van der Waals surface area contributed by atoms with Crippen LogP contribution < -0.4 is 10.5 Å². The molecular formula is C18H28N2O2. The maximum Gasteiger partial charge on any atom is 0.226 e. The first-order valence-corrected chi connectivity index (χ1v) is 8.26. The highest BCUT2D eigenvalue weighted by Crippen LogP contribution is 2.34. The number of carbonyl (C=O) groups excluding carboxylic acids is 1. The summed E-state index contributed by atoms with van der Waals surface area (Å²) in [6.45, 7) is 5.45. The van der Waals surface area contributed by atoms with E-state index in [-0.39, 0.29) is 17.9 Å². The molecule has 22 heavy (non-hydrogen) atoms. The third-order valence-electron chi connectivity index (χ3n) is 4.95. The molecule has 1 aliphatic carbocycles. The second-order valence-corrected chi connectivity index (χ2v) is 6.11. The summed E-state index contributed by atoms with van der Waals surface area (Å²) in [7, 11) is 1.66. The van der Waals surface area contributed by atoms with Gasteiger partial charge in [-0.15, -0.1) is 0 Å². The van der Waals surface area contributed by atoms with Crippen molar-refractivity contribution in [1.29, 1.82) is 0 Å². The molecule has 1 aliphatic rings. The lowest BCUT2D eigenvalue weighted by atomic mass is 9.93. The first-order chi connectivity index (χ1) is 10.6. The monoisotopic (exact) mass is 304 g/mol. The van der Waals surface area contributed by atoms with Crippen molar-refractivity contribution in [3.05, 3.63) is 29.8 Å². The average Bonchev–Trinajstić information content (AvgIpc) is 3.03. The van der Waals surface area contributed by atoms with Gasteiger partial charge in [0.1, 0.15) is 5.75 Å². The molecule has 1 aromatic rings. The van der Waals surface area contributed by atoms with Crippen LogP contribution >= 0.6 is 0 Å². The van der Waals surface area contributed by atoms with Gasteiger partial charge in [0.15, 0.2) is 0 Å². The molecule has 1 fully saturated rings. The topological polar surface area (TPSA) is 55.6 Å². The van der Waals surface area contributed by atoms with Gasteiger partial charge in [-0.25, -0.2) is 0 Å². The van der Waals surface area contributed by atoms with Gasteiger partial charge < -0.3 is 15.4 Å². The molecule has 0 radical (unpaired) electrons. The summed E-state index contributed by atoms with van der Waals surface area (Å²) in [5.74, 6) is 1.52. The lowest BCUT2D eigenvalue weighted by Crippen LogP contribution is -2.40. The molecule has 0 aliphatic heterocycles. The first kappa shape index (κ1) is 16.8. The van der Waals surface area contributed by atoms with Crippen LogP contribution in [0.4, 0.5) is 0 Å². The summed E-state index contributed by atoms with van der Waals surface area (Å²) in [6, 6.07) is 8.01. The van der Waals surface area contributed by atoms with Crippen LogP contribution in [0, 0.1) is 11.8 Å². The van der Waals surface area contributed by atoms with Crippen LogP contribution in [0.2, 0.25) is 0 Å². The van der Waals surface area contributed by atoms with Crippen LogP contribution in [0.1, 0.15) is 44.7 Å². The molecule has 0 bridgehead atoms. The lowest BCUT2D eigenvalue weighted by molar-refractivity contribution is -0.138. The molecule has 122 valence electrons. The Bertz CT molecular complexity index is 504. The normalized spacial score (nSPS) is 22.4. The maximum absolute atomic E-state index is 13.0. The standard InChI is InChI=1S/C18H28N2O2/c1-4-20(18(21)17-10-6-8-15(17)12-19)13(2)14-7-5-9-16(11-14)22-3/h5,7,9,11,13,15,17H,4,6,8,10,12,19H2,1-3H3/t13?,15-,17-/m1/s1.